The summed E-state index contributed by atoms with van der Waals surface area (Å²) in [5, 5.41) is 14.8. The first kappa shape index (κ1) is 15.8. The van der Waals surface area contributed by atoms with Gasteiger partial charge in [0.2, 0.25) is 0 Å². The van der Waals surface area contributed by atoms with E-state index in [1.807, 2.05) is 42.5 Å². The molecule has 1 aliphatic heterocycles. The van der Waals surface area contributed by atoms with Crippen LogP contribution in [0.3, 0.4) is 0 Å². The molecule has 0 spiro atoms. The average Bonchev–Trinajstić information content (AvgIpc) is 2.63. The molecule has 6 nitrogen and oxygen atoms in total. The molecule has 24 heavy (non-hydrogen) atoms. The van der Waals surface area contributed by atoms with Crippen molar-refractivity contribution in [3.63, 3.8) is 0 Å². The van der Waals surface area contributed by atoms with E-state index in [0.29, 0.717) is 5.69 Å². The maximum atomic E-state index is 12.0. The smallest absolute Gasteiger partial charge is 0.319 e. The van der Waals surface area contributed by atoms with Crippen LogP contribution in [0.5, 0.6) is 0 Å². The van der Waals surface area contributed by atoms with Crippen LogP contribution in [0.4, 0.5) is 16.3 Å². The van der Waals surface area contributed by atoms with Gasteiger partial charge in [0.05, 0.1) is 0 Å². The number of nitriles is 1. The Labute approximate surface area is 141 Å². The summed E-state index contributed by atoms with van der Waals surface area (Å²) in [7, 11) is 0. The first-order chi connectivity index (χ1) is 11.7. The zero-order valence-electron chi connectivity index (χ0n) is 13.3. The quantitative estimate of drug-likeness (QED) is 0.911. The first-order valence-electron chi connectivity index (χ1n) is 7.99. The lowest BCUT2D eigenvalue weighted by molar-refractivity contribution is 0.246. The highest BCUT2D eigenvalue weighted by Crippen LogP contribution is 2.18. The van der Waals surface area contributed by atoms with Gasteiger partial charge in [-0.25, -0.2) is 9.78 Å². The molecule has 1 aromatic carbocycles. The molecule has 2 N–H and O–H groups in total. The van der Waals surface area contributed by atoms with Crippen LogP contribution in [0.2, 0.25) is 0 Å². The summed E-state index contributed by atoms with van der Waals surface area (Å²) < 4.78 is 0. The number of hydrogen-bond donors (Lipinski definition) is 2. The minimum atomic E-state index is -0.177. The zero-order chi connectivity index (χ0) is 16.8. The maximum Gasteiger partial charge on any atom is 0.319 e. The van der Waals surface area contributed by atoms with Gasteiger partial charge in [-0.1, -0.05) is 24.3 Å². The number of nitrogens with one attached hydrogen (secondary N) is 2. The van der Waals surface area contributed by atoms with Crippen LogP contribution >= 0.6 is 0 Å². The van der Waals surface area contributed by atoms with Gasteiger partial charge in [0, 0.05) is 24.8 Å². The molecule has 0 bridgehead atoms. The number of pyridine rings is 1. The van der Waals surface area contributed by atoms with Crippen molar-refractivity contribution in [1.29, 1.82) is 5.26 Å². The molecule has 2 aromatic rings. The number of carbonyl (C=O) groups is 1. The van der Waals surface area contributed by atoms with Gasteiger partial charge < -0.3 is 15.5 Å². The number of hydrogen-bond acceptors (Lipinski definition) is 4. The minimum Gasteiger partial charge on any atom is -0.356 e. The van der Waals surface area contributed by atoms with Gasteiger partial charge in [0.1, 0.15) is 17.6 Å². The van der Waals surface area contributed by atoms with Gasteiger partial charge in [0.15, 0.2) is 0 Å². The summed E-state index contributed by atoms with van der Waals surface area (Å²) in [5.74, 6) is 0.821. The third kappa shape index (κ3) is 4.02. The second-order valence-electron chi connectivity index (χ2n) is 5.72. The maximum absolute atomic E-state index is 12.0. The van der Waals surface area contributed by atoms with Gasteiger partial charge in [-0.2, -0.15) is 5.26 Å². The minimum absolute atomic E-state index is 0.143. The summed E-state index contributed by atoms with van der Waals surface area (Å²) in [6.45, 7) is 1.61. The van der Waals surface area contributed by atoms with Crippen LogP contribution in [0, 0.1) is 11.3 Å². The lowest BCUT2D eigenvalue weighted by Gasteiger charge is -2.33. The third-order valence-electron chi connectivity index (χ3n) is 4.03. The van der Waals surface area contributed by atoms with Crippen molar-refractivity contribution >= 4 is 17.5 Å². The number of amides is 2. The summed E-state index contributed by atoms with van der Waals surface area (Å²) in [5.41, 5.74) is 1.21. The summed E-state index contributed by atoms with van der Waals surface area (Å²) in [6, 6.07) is 16.9. The Bertz CT molecular complexity index is 733. The predicted octanol–water partition coefficient (Wildman–Crippen LogP) is 2.74. The monoisotopic (exact) mass is 321 g/mol. The number of aromatic nitrogens is 1. The van der Waals surface area contributed by atoms with E-state index in [2.05, 4.69) is 26.6 Å². The number of piperidine rings is 1. The normalized spacial score (nSPS) is 14.7. The zero-order valence-corrected chi connectivity index (χ0v) is 13.3. The molecule has 3 rings (SSSR count). The van der Waals surface area contributed by atoms with E-state index in [0.717, 1.165) is 37.4 Å². The van der Waals surface area contributed by atoms with Gasteiger partial charge in [-0.3, -0.25) is 0 Å². The molecule has 6 heteroatoms. The second kappa shape index (κ2) is 7.47. The van der Waals surface area contributed by atoms with E-state index in [-0.39, 0.29) is 12.1 Å². The SMILES string of the molecule is N#Cc1cccc(N2CCC(NC(=O)Nc3ccccc3)CC2)n1. The van der Waals surface area contributed by atoms with Crippen molar-refractivity contribution in [2.24, 2.45) is 0 Å². The molecule has 0 unspecified atom stereocenters. The number of anilines is 2. The van der Waals surface area contributed by atoms with Gasteiger partial charge >= 0.3 is 6.03 Å². The molecule has 1 aromatic heterocycles. The van der Waals surface area contributed by atoms with Crippen molar-refractivity contribution in [1.82, 2.24) is 10.3 Å². The number of carbonyl (C=O) groups excluding carboxylic acids is 1. The lowest BCUT2D eigenvalue weighted by Crippen LogP contribution is -2.46. The molecule has 2 amide bonds. The molecule has 2 heterocycles. The highest BCUT2D eigenvalue weighted by molar-refractivity contribution is 5.89. The Kier molecular flexibility index (Phi) is 4.92. The van der Waals surface area contributed by atoms with Crippen LogP contribution in [0.15, 0.2) is 48.5 Å². The standard InChI is InChI=1S/C18H19N5O/c19-13-16-7-4-8-17(20-16)23-11-9-15(10-12-23)22-18(24)21-14-5-2-1-3-6-14/h1-8,15H,9-12H2,(H2,21,22,24). The molecule has 0 atom stereocenters. The van der Waals surface area contributed by atoms with Gasteiger partial charge in [-0.15, -0.1) is 0 Å². The first-order valence-corrected chi connectivity index (χ1v) is 7.99. The highest BCUT2D eigenvalue weighted by Gasteiger charge is 2.21. The fraction of sp³-hybridized carbons (Fsp3) is 0.278. The largest absolute Gasteiger partial charge is 0.356 e. The molecule has 0 aliphatic carbocycles. The number of rotatable bonds is 3. The molecule has 0 radical (unpaired) electrons. The molecule has 1 saturated heterocycles. The van der Waals surface area contributed by atoms with Crippen molar-refractivity contribution in [3.05, 3.63) is 54.2 Å². The summed E-state index contributed by atoms with van der Waals surface area (Å²) in [4.78, 5) is 18.5. The Hall–Kier alpha value is -3.07. The van der Waals surface area contributed by atoms with Crippen LogP contribution in [0.25, 0.3) is 0 Å². The van der Waals surface area contributed by atoms with Crippen LogP contribution in [0.1, 0.15) is 18.5 Å². The van der Waals surface area contributed by atoms with Crippen molar-refractivity contribution in [3.8, 4) is 6.07 Å². The summed E-state index contributed by atoms with van der Waals surface area (Å²) in [6.07, 6.45) is 1.70. The topological polar surface area (TPSA) is 81.0 Å². The van der Waals surface area contributed by atoms with Crippen molar-refractivity contribution in [2.45, 2.75) is 18.9 Å². The van der Waals surface area contributed by atoms with Gasteiger partial charge in [0.25, 0.3) is 0 Å². The van der Waals surface area contributed by atoms with E-state index in [9.17, 15) is 4.79 Å². The van der Waals surface area contributed by atoms with Crippen molar-refractivity contribution < 1.29 is 4.79 Å². The number of benzene rings is 1. The van der Waals surface area contributed by atoms with E-state index in [1.165, 1.54) is 0 Å². The summed E-state index contributed by atoms with van der Waals surface area (Å²) >= 11 is 0. The van der Waals surface area contributed by atoms with Crippen LogP contribution in [-0.4, -0.2) is 30.1 Å². The molecule has 122 valence electrons. The highest BCUT2D eigenvalue weighted by atomic mass is 16.2. The van der Waals surface area contributed by atoms with Crippen LogP contribution < -0.4 is 15.5 Å². The second-order valence-corrected chi connectivity index (χ2v) is 5.72. The Balaban J connectivity index is 1.50. The number of para-hydroxylation sites is 1. The van der Waals surface area contributed by atoms with Crippen LogP contribution in [-0.2, 0) is 0 Å². The van der Waals surface area contributed by atoms with Crippen molar-refractivity contribution in [2.75, 3.05) is 23.3 Å². The Morgan fingerprint density at radius 2 is 1.88 bits per heavy atom. The molecule has 0 saturated carbocycles. The Morgan fingerprint density at radius 3 is 2.58 bits per heavy atom. The molecular formula is C18H19N5O. The number of urea groups is 1. The third-order valence-corrected chi connectivity index (χ3v) is 4.03. The fourth-order valence-corrected chi connectivity index (χ4v) is 2.79. The average molecular weight is 321 g/mol. The molecule has 1 aliphatic rings. The van der Waals surface area contributed by atoms with Gasteiger partial charge in [-0.05, 0) is 37.1 Å². The van der Waals surface area contributed by atoms with E-state index in [1.54, 1.807) is 6.07 Å². The fourth-order valence-electron chi connectivity index (χ4n) is 2.79. The molecule has 1 fully saturated rings. The molecular weight excluding hydrogens is 302 g/mol. The van der Waals surface area contributed by atoms with E-state index in [4.69, 9.17) is 5.26 Å². The Morgan fingerprint density at radius 1 is 1.12 bits per heavy atom. The predicted molar refractivity (Wildman–Crippen MR) is 92.8 cm³/mol. The number of nitrogens with zero attached hydrogens (tertiary/aromatic N) is 3. The van der Waals surface area contributed by atoms with E-state index >= 15 is 0 Å². The van der Waals surface area contributed by atoms with E-state index < -0.39 is 0 Å². The lowest BCUT2D eigenvalue weighted by atomic mass is 10.1.